The van der Waals surface area contributed by atoms with Crippen molar-refractivity contribution in [3.05, 3.63) is 73.8 Å². The highest BCUT2D eigenvalue weighted by Crippen LogP contribution is 2.32. The number of carbonyl (C=O) groups excluding carboxylic acids is 1. The van der Waals surface area contributed by atoms with Crippen LogP contribution in [0.1, 0.15) is 41.7 Å². The zero-order chi connectivity index (χ0) is 20.4. The third kappa shape index (κ3) is 4.08. The molecule has 1 aliphatic rings. The molecular weight excluding hydrogens is 364 g/mol. The monoisotopic (exact) mass is 384 g/mol. The molecule has 2 aromatic rings. The third-order valence-electron chi connectivity index (χ3n) is 4.84. The van der Waals surface area contributed by atoms with Crippen molar-refractivity contribution < 1.29 is 14.6 Å². The van der Waals surface area contributed by atoms with Crippen molar-refractivity contribution in [1.29, 1.82) is 0 Å². The lowest BCUT2D eigenvalue weighted by Crippen LogP contribution is -2.29. The number of carbonyl (C=O) groups is 1. The molecule has 9 nitrogen and oxygen atoms in total. The molecular formula is C19H20N4O5. The highest BCUT2D eigenvalue weighted by Gasteiger charge is 2.27. The van der Waals surface area contributed by atoms with E-state index < -0.39 is 21.8 Å². The SMILES string of the molecule is C[C@H](c1cccc([N+](=O)[O-])c1)N(C)C(=O)c1ccc(NC2CC2)c([N+](=O)[O-])c1. The normalized spacial score (nSPS) is 14.2. The van der Waals surface area contributed by atoms with Crippen LogP contribution in [0.15, 0.2) is 42.5 Å². The summed E-state index contributed by atoms with van der Waals surface area (Å²) in [4.78, 5) is 35.6. The zero-order valence-electron chi connectivity index (χ0n) is 15.5. The Labute approximate surface area is 161 Å². The van der Waals surface area contributed by atoms with Gasteiger partial charge in [-0.05, 0) is 37.5 Å². The molecule has 1 amide bonds. The second-order valence-electron chi connectivity index (χ2n) is 6.85. The Hall–Kier alpha value is -3.49. The smallest absolute Gasteiger partial charge is 0.293 e. The molecule has 0 bridgehead atoms. The van der Waals surface area contributed by atoms with Crippen LogP contribution in [0.3, 0.4) is 0 Å². The topological polar surface area (TPSA) is 119 Å². The lowest BCUT2D eigenvalue weighted by Gasteiger charge is -2.25. The van der Waals surface area contributed by atoms with Gasteiger partial charge in [-0.1, -0.05) is 12.1 Å². The van der Waals surface area contributed by atoms with Gasteiger partial charge in [0.25, 0.3) is 17.3 Å². The van der Waals surface area contributed by atoms with Crippen LogP contribution in [0.5, 0.6) is 0 Å². The van der Waals surface area contributed by atoms with E-state index in [9.17, 15) is 25.0 Å². The number of nitrogens with zero attached hydrogens (tertiary/aromatic N) is 3. The molecule has 146 valence electrons. The van der Waals surface area contributed by atoms with E-state index in [2.05, 4.69) is 5.32 Å². The van der Waals surface area contributed by atoms with Crippen LogP contribution in [0.25, 0.3) is 0 Å². The van der Waals surface area contributed by atoms with Gasteiger partial charge in [-0.3, -0.25) is 25.0 Å². The quantitative estimate of drug-likeness (QED) is 0.571. The van der Waals surface area contributed by atoms with Crippen molar-refractivity contribution in [3.63, 3.8) is 0 Å². The van der Waals surface area contributed by atoms with Crippen LogP contribution in [-0.4, -0.2) is 33.7 Å². The highest BCUT2D eigenvalue weighted by molar-refractivity contribution is 5.96. The Balaban J connectivity index is 1.84. The summed E-state index contributed by atoms with van der Waals surface area (Å²) in [5.41, 5.74) is 0.989. The van der Waals surface area contributed by atoms with Crippen LogP contribution in [0, 0.1) is 20.2 Å². The van der Waals surface area contributed by atoms with Crippen molar-refractivity contribution in [2.75, 3.05) is 12.4 Å². The lowest BCUT2D eigenvalue weighted by atomic mass is 10.0. The number of amides is 1. The Morgan fingerprint density at radius 1 is 1.14 bits per heavy atom. The van der Waals surface area contributed by atoms with Crippen LogP contribution in [0.4, 0.5) is 17.1 Å². The molecule has 0 heterocycles. The predicted octanol–water partition coefficient (Wildman–Crippen LogP) is 3.91. The molecule has 1 N–H and O–H groups in total. The average molecular weight is 384 g/mol. The maximum Gasteiger partial charge on any atom is 0.293 e. The maximum atomic E-state index is 12.8. The summed E-state index contributed by atoms with van der Waals surface area (Å²) < 4.78 is 0. The number of non-ortho nitro benzene ring substituents is 1. The fourth-order valence-electron chi connectivity index (χ4n) is 2.89. The van der Waals surface area contributed by atoms with Crippen LogP contribution >= 0.6 is 0 Å². The van der Waals surface area contributed by atoms with E-state index >= 15 is 0 Å². The predicted molar refractivity (Wildman–Crippen MR) is 103 cm³/mol. The molecule has 0 aliphatic heterocycles. The van der Waals surface area contributed by atoms with E-state index in [4.69, 9.17) is 0 Å². The molecule has 1 aliphatic carbocycles. The number of nitro groups is 2. The first kappa shape index (κ1) is 19.3. The van der Waals surface area contributed by atoms with Crippen molar-refractivity contribution in [2.24, 2.45) is 0 Å². The number of hydrogen-bond acceptors (Lipinski definition) is 6. The summed E-state index contributed by atoms with van der Waals surface area (Å²) in [5.74, 6) is -0.403. The molecule has 1 atom stereocenters. The van der Waals surface area contributed by atoms with Gasteiger partial charge in [0.05, 0.1) is 15.9 Å². The Morgan fingerprint density at radius 2 is 1.86 bits per heavy atom. The first-order chi connectivity index (χ1) is 13.3. The second kappa shape index (κ2) is 7.63. The minimum absolute atomic E-state index is 0.0589. The Morgan fingerprint density at radius 3 is 2.46 bits per heavy atom. The first-order valence-corrected chi connectivity index (χ1v) is 8.84. The second-order valence-corrected chi connectivity index (χ2v) is 6.85. The number of anilines is 1. The number of nitro benzene ring substituents is 2. The van der Waals surface area contributed by atoms with Gasteiger partial charge < -0.3 is 10.2 Å². The summed E-state index contributed by atoms with van der Waals surface area (Å²) in [6, 6.07) is 10.2. The van der Waals surface area contributed by atoms with Gasteiger partial charge in [-0.25, -0.2) is 0 Å². The van der Waals surface area contributed by atoms with Gasteiger partial charge in [0, 0.05) is 36.9 Å². The largest absolute Gasteiger partial charge is 0.377 e. The molecule has 0 radical (unpaired) electrons. The Bertz CT molecular complexity index is 942. The molecule has 0 aromatic heterocycles. The summed E-state index contributed by atoms with van der Waals surface area (Å²) in [7, 11) is 1.56. The summed E-state index contributed by atoms with van der Waals surface area (Å²) in [5, 5.41) is 25.5. The van der Waals surface area contributed by atoms with E-state index in [-0.39, 0.29) is 23.0 Å². The third-order valence-corrected chi connectivity index (χ3v) is 4.84. The van der Waals surface area contributed by atoms with Crippen LogP contribution in [0.2, 0.25) is 0 Å². The lowest BCUT2D eigenvalue weighted by molar-refractivity contribution is -0.385. The minimum atomic E-state index is -0.508. The number of rotatable bonds is 7. The molecule has 0 saturated heterocycles. The van der Waals surface area contributed by atoms with Gasteiger partial charge in [0.1, 0.15) is 5.69 Å². The van der Waals surface area contributed by atoms with E-state index in [0.29, 0.717) is 11.3 Å². The molecule has 3 rings (SSSR count). The summed E-state index contributed by atoms with van der Waals surface area (Å²) in [6.07, 6.45) is 1.95. The van der Waals surface area contributed by atoms with Gasteiger partial charge in [-0.15, -0.1) is 0 Å². The van der Waals surface area contributed by atoms with Gasteiger partial charge >= 0.3 is 0 Å². The van der Waals surface area contributed by atoms with E-state index in [0.717, 1.165) is 12.8 Å². The molecule has 9 heteroatoms. The van der Waals surface area contributed by atoms with Crippen LogP contribution < -0.4 is 5.32 Å². The Kier molecular flexibility index (Phi) is 5.25. The van der Waals surface area contributed by atoms with Crippen molar-refractivity contribution >= 4 is 23.0 Å². The van der Waals surface area contributed by atoms with Crippen molar-refractivity contribution in [2.45, 2.75) is 31.8 Å². The summed E-state index contributed by atoms with van der Waals surface area (Å²) >= 11 is 0. The molecule has 1 fully saturated rings. The van der Waals surface area contributed by atoms with Crippen molar-refractivity contribution in [3.8, 4) is 0 Å². The first-order valence-electron chi connectivity index (χ1n) is 8.84. The van der Waals surface area contributed by atoms with E-state index in [1.165, 1.54) is 23.1 Å². The average Bonchev–Trinajstić information content (AvgIpc) is 3.50. The van der Waals surface area contributed by atoms with E-state index in [1.807, 2.05) is 0 Å². The standard InChI is InChI=1S/C19H20N4O5/c1-12(13-4-3-5-16(10-13)22(25)26)21(2)19(24)14-6-9-17(20-15-7-8-15)18(11-14)23(27)28/h3-6,9-12,15,20H,7-8H2,1-2H3/t12-/m1/s1. The highest BCUT2D eigenvalue weighted by atomic mass is 16.6. The van der Waals surface area contributed by atoms with Crippen molar-refractivity contribution in [1.82, 2.24) is 4.90 Å². The fraction of sp³-hybridized carbons (Fsp3) is 0.316. The van der Waals surface area contributed by atoms with Gasteiger partial charge in [0.2, 0.25) is 0 Å². The summed E-state index contributed by atoms with van der Waals surface area (Å²) in [6.45, 7) is 1.74. The minimum Gasteiger partial charge on any atom is -0.377 e. The van der Waals surface area contributed by atoms with Crippen LogP contribution in [-0.2, 0) is 0 Å². The molecule has 0 unspecified atom stereocenters. The number of benzene rings is 2. The van der Waals surface area contributed by atoms with Gasteiger partial charge in [0.15, 0.2) is 0 Å². The van der Waals surface area contributed by atoms with E-state index in [1.54, 1.807) is 38.2 Å². The molecule has 2 aromatic carbocycles. The molecule has 1 saturated carbocycles. The number of nitrogens with one attached hydrogen (secondary N) is 1. The zero-order valence-corrected chi connectivity index (χ0v) is 15.5. The maximum absolute atomic E-state index is 12.8. The number of hydrogen-bond donors (Lipinski definition) is 1. The fourth-order valence-corrected chi connectivity index (χ4v) is 2.89. The molecule has 0 spiro atoms. The van der Waals surface area contributed by atoms with Gasteiger partial charge in [-0.2, -0.15) is 0 Å². The molecule has 28 heavy (non-hydrogen) atoms.